The zero-order valence-corrected chi connectivity index (χ0v) is 15.2. The minimum absolute atomic E-state index is 0.632. The van der Waals surface area contributed by atoms with E-state index in [1.807, 2.05) is 72.8 Å². The van der Waals surface area contributed by atoms with Crippen LogP contribution in [0.5, 0.6) is 0 Å². The van der Waals surface area contributed by atoms with Gasteiger partial charge in [0.15, 0.2) is 0 Å². The van der Waals surface area contributed by atoms with Crippen LogP contribution in [0, 0.1) is 0 Å². The summed E-state index contributed by atoms with van der Waals surface area (Å²) < 4.78 is 0. The molecular formula is C22H18O3P+. The predicted octanol–water partition coefficient (Wildman–Crippen LogP) is 3.05. The minimum atomic E-state index is -1.97. The molecule has 0 unspecified atom stereocenters. The molecule has 3 nitrogen and oxygen atoms in total. The maximum atomic E-state index is 11.0. The molecule has 3 aromatic carbocycles. The molecule has 3 aromatic rings. The summed E-state index contributed by atoms with van der Waals surface area (Å²) in [6.45, 7) is 2.20. The topological polar surface area (TPSA) is 51.2 Å². The molecule has 0 aromatic heterocycles. The normalized spacial score (nSPS) is 11.0. The Morgan fingerprint density at radius 1 is 0.500 bits per heavy atom. The first kappa shape index (κ1) is 17.9. The molecular weight excluding hydrogens is 343 g/mol. The van der Waals surface area contributed by atoms with Gasteiger partial charge in [0.05, 0.1) is 6.66 Å². The van der Waals surface area contributed by atoms with Gasteiger partial charge < -0.3 is 0 Å². The first-order valence-electron chi connectivity index (χ1n) is 8.16. The largest absolute Gasteiger partial charge is 0.298 e. The van der Waals surface area contributed by atoms with Crippen molar-refractivity contribution in [3.8, 4) is 0 Å². The maximum Gasteiger partial charge on any atom is 0.150 e. The van der Waals surface area contributed by atoms with Crippen molar-refractivity contribution in [3.05, 3.63) is 89.5 Å². The molecule has 0 fully saturated rings. The first-order chi connectivity index (χ1) is 12.6. The number of aldehydes is 3. The summed E-state index contributed by atoms with van der Waals surface area (Å²) in [7, 11) is -1.97. The molecule has 26 heavy (non-hydrogen) atoms. The van der Waals surface area contributed by atoms with Crippen LogP contribution < -0.4 is 15.9 Å². The lowest BCUT2D eigenvalue weighted by atomic mass is 10.2. The van der Waals surface area contributed by atoms with Gasteiger partial charge in [0.25, 0.3) is 0 Å². The Balaban J connectivity index is 2.19. The molecule has 3 rings (SSSR count). The average Bonchev–Trinajstić information content (AvgIpc) is 2.73. The lowest BCUT2D eigenvalue weighted by Crippen LogP contribution is -2.30. The van der Waals surface area contributed by atoms with Crippen molar-refractivity contribution < 1.29 is 14.4 Å². The van der Waals surface area contributed by atoms with Gasteiger partial charge >= 0.3 is 0 Å². The third kappa shape index (κ3) is 3.26. The fourth-order valence-electron chi connectivity index (χ4n) is 3.00. The second-order valence-electron chi connectivity index (χ2n) is 6.13. The number of hydrogen-bond acceptors (Lipinski definition) is 3. The van der Waals surface area contributed by atoms with Crippen LogP contribution in [0.2, 0.25) is 0 Å². The molecule has 0 aliphatic heterocycles. The Morgan fingerprint density at radius 2 is 0.731 bits per heavy atom. The summed E-state index contributed by atoms with van der Waals surface area (Å²) in [6, 6.07) is 22.8. The highest BCUT2D eigenvalue weighted by Gasteiger charge is 2.40. The van der Waals surface area contributed by atoms with Crippen molar-refractivity contribution >= 4 is 42.0 Å². The van der Waals surface area contributed by atoms with E-state index in [9.17, 15) is 14.4 Å². The number of rotatable bonds is 6. The molecule has 0 atom stereocenters. The van der Waals surface area contributed by atoms with Crippen LogP contribution in [0.1, 0.15) is 31.1 Å². The van der Waals surface area contributed by atoms with Gasteiger partial charge in [-0.1, -0.05) is 0 Å². The van der Waals surface area contributed by atoms with Crippen LogP contribution in [0.15, 0.2) is 72.8 Å². The lowest BCUT2D eigenvalue weighted by molar-refractivity contribution is 0.111. The fourth-order valence-corrected chi connectivity index (χ4v) is 6.13. The van der Waals surface area contributed by atoms with Gasteiger partial charge in [-0.3, -0.25) is 14.4 Å². The van der Waals surface area contributed by atoms with Crippen molar-refractivity contribution in [3.63, 3.8) is 0 Å². The van der Waals surface area contributed by atoms with Gasteiger partial charge in [-0.15, -0.1) is 0 Å². The molecule has 0 radical (unpaired) electrons. The summed E-state index contributed by atoms with van der Waals surface area (Å²) in [4.78, 5) is 33.0. The number of hydrogen-bond donors (Lipinski definition) is 0. The number of benzene rings is 3. The van der Waals surface area contributed by atoms with E-state index in [0.717, 1.165) is 34.8 Å². The summed E-state index contributed by atoms with van der Waals surface area (Å²) in [5, 5.41) is 3.38. The van der Waals surface area contributed by atoms with E-state index in [-0.39, 0.29) is 0 Å². The second kappa shape index (κ2) is 7.55. The third-order valence-corrected chi connectivity index (χ3v) is 8.63. The number of carbonyl (C=O) groups is 3. The summed E-state index contributed by atoms with van der Waals surface area (Å²) >= 11 is 0. The summed E-state index contributed by atoms with van der Waals surface area (Å²) in [5.74, 6) is 0. The standard InChI is InChI=1S/C22H18O3P/c1-26(20-8-2-17(14-23)3-9-20,21-10-4-18(15-24)5-11-21)22-12-6-19(16-25)7-13-22/h2-16H,1H3/q+1. The molecule has 0 bridgehead atoms. The third-order valence-electron chi connectivity index (χ3n) is 4.64. The van der Waals surface area contributed by atoms with Crippen molar-refractivity contribution in [2.45, 2.75) is 0 Å². The second-order valence-corrected chi connectivity index (χ2v) is 9.70. The van der Waals surface area contributed by atoms with Gasteiger partial charge in [0, 0.05) is 16.7 Å². The van der Waals surface area contributed by atoms with Gasteiger partial charge in [0.1, 0.15) is 42.0 Å². The molecule has 0 aliphatic rings. The maximum absolute atomic E-state index is 11.0. The van der Waals surface area contributed by atoms with Gasteiger partial charge in [-0.25, -0.2) is 0 Å². The molecule has 0 saturated carbocycles. The van der Waals surface area contributed by atoms with Crippen LogP contribution in [-0.4, -0.2) is 25.5 Å². The van der Waals surface area contributed by atoms with Crippen molar-refractivity contribution in [2.24, 2.45) is 0 Å². The smallest absolute Gasteiger partial charge is 0.150 e. The van der Waals surface area contributed by atoms with Crippen LogP contribution in [0.3, 0.4) is 0 Å². The van der Waals surface area contributed by atoms with Gasteiger partial charge in [0.2, 0.25) is 0 Å². The lowest BCUT2D eigenvalue weighted by Gasteiger charge is -2.23. The van der Waals surface area contributed by atoms with E-state index in [1.165, 1.54) is 0 Å². The Labute approximate surface area is 153 Å². The van der Waals surface area contributed by atoms with Crippen LogP contribution in [-0.2, 0) is 0 Å². The van der Waals surface area contributed by atoms with Gasteiger partial charge in [-0.2, -0.15) is 0 Å². The van der Waals surface area contributed by atoms with E-state index in [4.69, 9.17) is 0 Å². The SMILES string of the molecule is C[P+](c1ccc(C=O)cc1)(c1ccc(C=O)cc1)c1ccc(C=O)cc1. The predicted molar refractivity (Wildman–Crippen MR) is 107 cm³/mol. The summed E-state index contributed by atoms with van der Waals surface area (Å²) in [5.41, 5.74) is 1.90. The first-order valence-corrected chi connectivity index (χ1v) is 10.4. The molecule has 0 N–H and O–H groups in total. The number of carbonyl (C=O) groups excluding carboxylic acids is 3. The van der Waals surface area contributed by atoms with Crippen LogP contribution in [0.4, 0.5) is 0 Å². The van der Waals surface area contributed by atoms with E-state index in [2.05, 4.69) is 6.66 Å². The zero-order valence-electron chi connectivity index (χ0n) is 14.3. The van der Waals surface area contributed by atoms with Crippen molar-refractivity contribution in [1.29, 1.82) is 0 Å². The molecule has 0 spiro atoms. The van der Waals surface area contributed by atoms with Crippen LogP contribution in [0.25, 0.3) is 0 Å². The molecule has 4 heteroatoms. The van der Waals surface area contributed by atoms with E-state index in [1.54, 1.807) is 0 Å². The van der Waals surface area contributed by atoms with E-state index >= 15 is 0 Å². The molecule has 0 amide bonds. The minimum Gasteiger partial charge on any atom is -0.298 e. The fraction of sp³-hybridized carbons (Fsp3) is 0.0455. The average molecular weight is 361 g/mol. The van der Waals surface area contributed by atoms with Gasteiger partial charge in [-0.05, 0) is 72.8 Å². The molecule has 0 aliphatic carbocycles. The van der Waals surface area contributed by atoms with Crippen molar-refractivity contribution in [1.82, 2.24) is 0 Å². The summed E-state index contributed by atoms with van der Waals surface area (Å²) in [6.07, 6.45) is 2.49. The molecule has 0 saturated heterocycles. The molecule has 0 heterocycles. The van der Waals surface area contributed by atoms with E-state index < -0.39 is 7.26 Å². The Morgan fingerprint density at radius 3 is 0.923 bits per heavy atom. The highest BCUT2D eigenvalue weighted by Crippen LogP contribution is 2.51. The monoisotopic (exact) mass is 361 g/mol. The molecule has 128 valence electrons. The quantitative estimate of drug-likeness (QED) is 0.501. The highest BCUT2D eigenvalue weighted by atomic mass is 31.2. The van der Waals surface area contributed by atoms with Crippen LogP contribution >= 0.6 is 7.26 Å². The zero-order chi connectivity index (χ0) is 18.6. The Bertz CT molecular complexity index is 801. The van der Waals surface area contributed by atoms with E-state index in [0.29, 0.717) is 16.7 Å². The van der Waals surface area contributed by atoms with Crippen molar-refractivity contribution in [2.75, 3.05) is 6.66 Å². The Hall–Kier alpha value is -2.90. The Kier molecular flexibility index (Phi) is 5.20. The highest BCUT2D eigenvalue weighted by molar-refractivity contribution is 7.95.